The van der Waals surface area contributed by atoms with Gasteiger partial charge in [-0.3, -0.25) is 9.59 Å². The first-order chi connectivity index (χ1) is 12.2. The van der Waals surface area contributed by atoms with Gasteiger partial charge in [-0.2, -0.15) is 0 Å². The third-order valence-electron chi connectivity index (χ3n) is 4.18. The molecule has 1 heterocycles. The standard InChI is InChI=1S/C20H27N3O2S/c1-12(2)11-23-14(4)13(3)21-20(23)26-16(6)19(25)22-18-9-7-17(8-10-18)15(5)24/h7-10,12,16H,11H2,1-6H3,(H,22,25)/t16-/m0/s1. The van der Waals surface area contributed by atoms with E-state index in [0.717, 1.165) is 23.1 Å². The van der Waals surface area contributed by atoms with Crippen molar-refractivity contribution in [2.75, 3.05) is 5.32 Å². The maximum absolute atomic E-state index is 12.5. The lowest BCUT2D eigenvalue weighted by molar-refractivity contribution is -0.115. The molecule has 0 saturated carbocycles. The molecule has 0 unspecified atom stereocenters. The van der Waals surface area contributed by atoms with E-state index >= 15 is 0 Å². The van der Waals surface area contributed by atoms with Crippen molar-refractivity contribution in [1.29, 1.82) is 0 Å². The number of amides is 1. The van der Waals surface area contributed by atoms with Gasteiger partial charge in [-0.15, -0.1) is 0 Å². The van der Waals surface area contributed by atoms with Gasteiger partial charge in [-0.05, 0) is 57.9 Å². The summed E-state index contributed by atoms with van der Waals surface area (Å²) in [4.78, 5) is 28.5. The molecule has 0 aliphatic carbocycles. The number of aryl methyl sites for hydroxylation is 1. The van der Waals surface area contributed by atoms with Crippen molar-refractivity contribution in [3.63, 3.8) is 0 Å². The molecular weight excluding hydrogens is 346 g/mol. The molecule has 0 aliphatic heterocycles. The highest BCUT2D eigenvalue weighted by molar-refractivity contribution is 8.00. The zero-order valence-electron chi connectivity index (χ0n) is 16.3. The zero-order valence-corrected chi connectivity index (χ0v) is 17.1. The molecule has 1 atom stereocenters. The second-order valence-electron chi connectivity index (χ2n) is 6.95. The van der Waals surface area contributed by atoms with Gasteiger partial charge in [-0.1, -0.05) is 25.6 Å². The van der Waals surface area contributed by atoms with E-state index in [4.69, 9.17) is 0 Å². The number of hydrogen-bond acceptors (Lipinski definition) is 4. The fourth-order valence-electron chi connectivity index (χ4n) is 2.54. The summed E-state index contributed by atoms with van der Waals surface area (Å²) in [5.41, 5.74) is 3.46. The van der Waals surface area contributed by atoms with E-state index < -0.39 is 0 Å². The van der Waals surface area contributed by atoms with Gasteiger partial charge in [0.05, 0.1) is 10.9 Å². The lowest BCUT2D eigenvalue weighted by atomic mass is 10.1. The van der Waals surface area contributed by atoms with E-state index in [0.29, 0.717) is 17.2 Å². The number of nitrogens with zero attached hydrogens (tertiary/aromatic N) is 2. The number of hydrogen-bond donors (Lipinski definition) is 1. The Bertz CT molecular complexity index is 794. The second-order valence-corrected chi connectivity index (χ2v) is 8.26. The summed E-state index contributed by atoms with van der Waals surface area (Å²) in [5.74, 6) is 0.431. The van der Waals surface area contributed by atoms with E-state index in [2.05, 4.69) is 35.6 Å². The molecule has 1 aromatic carbocycles. The summed E-state index contributed by atoms with van der Waals surface area (Å²) >= 11 is 1.47. The van der Waals surface area contributed by atoms with E-state index in [1.165, 1.54) is 18.7 Å². The third-order valence-corrected chi connectivity index (χ3v) is 5.27. The van der Waals surface area contributed by atoms with Crippen molar-refractivity contribution >= 4 is 29.1 Å². The average molecular weight is 374 g/mol. The van der Waals surface area contributed by atoms with Crippen LogP contribution in [0, 0.1) is 19.8 Å². The molecule has 0 fully saturated rings. The summed E-state index contributed by atoms with van der Waals surface area (Å²) in [7, 11) is 0. The monoisotopic (exact) mass is 373 g/mol. The summed E-state index contributed by atoms with van der Waals surface area (Å²) in [6, 6.07) is 6.94. The third kappa shape index (κ3) is 4.97. The van der Waals surface area contributed by atoms with Crippen molar-refractivity contribution in [3.8, 4) is 0 Å². The van der Waals surface area contributed by atoms with E-state index in [1.807, 2.05) is 13.8 Å². The Morgan fingerprint density at radius 1 is 1.15 bits per heavy atom. The molecule has 2 aromatic rings. The van der Waals surface area contributed by atoms with Crippen LogP contribution < -0.4 is 5.32 Å². The number of rotatable bonds is 7. The number of Topliss-reactive ketones (excluding diaryl/α,β-unsaturated/α-hetero) is 1. The van der Waals surface area contributed by atoms with Gasteiger partial charge in [0.15, 0.2) is 10.9 Å². The van der Waals surface area contributed by atoms with Crippen LogP contribution in [0.2, 0.25) is 0 Å². The number of benzene rings is 1. The number of imidazole rings is 1. The van der Waals surface area contributed by atoms with Gasteiger partial charge in [0.25, 0.3) is 0 Å². The first-order valence-corrected chi connectivity index (χ1v) is 9.69. The number of carbonyl (C=O) groups excluding carboxylic acids is 2. The predicted molar refractivity (Wildman–Crippen MR) is 107 cm³/mol. The molecule has 26 heavy (non-hydrogen) atoms. The molecular formula is C20H27N3O2S. The quantitative estimate of drug-likeness (QED) is 0.574. The molecule has 2 rings (SSSR count). The van der Waals surface area contributed by atoms with Gasteiger partial charge in [0.2, 0.25) is 5.91 Å². The van der Waals surface area contributed by atoms with Crippen molar-refractivity contribution in [2.24, 2.45) is 5.92 Å². The van der Waals surface area contributed by atoms with Crippen LogP contribution in [0.25, 0.3) is 0 Å². The van der Waals surface area contributed by atoms with Crippen LogP contribution in [0.5, 0.6) is 0 Å². The SMILES string of the molecule is CC(=O)c1ccc(NC(=O)[C@H](C)Sc2nc(C)c(C)n2CC(C)C)cc1. The lowest BCUT2D eigenvalue weighted by Crippen LogP contribution is -2.23. The smallest absolute Gasteiger partial charge is 0.237 e. The summed E-state index contributed by atoms with van der Waals surface area (Å²) < 4.78 is 2.19. The summed E-state index contributed by atoms with van der Waals surface area (Å²) in [5, 5.41) is 3.50. The van der Waals surface area contributed by atoms with E-state index in [9.17, 15) is 9.59 Å². The Kier molecular flexibility index (Phi) is 6.64. The molecule has 1 aromatic heterocycles. The van der Waals surface area contributed by atoms with Crippen molar-refractivity contribution < 1.29 is 9.59 Å². The Hall–Kier alpha value is -2.08. The van der Waals surface area contributed by atoms with Crippen molar-refractivity contribution in [2.45, 2.75) is 58.5 Å². The molecule has 0 radical (unpaired) electrons. The van der Waals surface area contributed by atoms with E-state index in [-0.39, 0.29) is 16.9 Å². The van der Waals surface area contributed by atoms with Crippen LogP contribution >= 0.6 is 11.8 Å². The molecule has 0 bridgehead atoms. The summed E-state index contributed by atoms with van der Waals surface area (Å²) in [6.45, 7) is 12.7. The second kappa shape index (κ2) is 8.54. The number of anilines is 1. The van der Waals surface area contributed by atoms with Crippen LogP contribution in [-0.4, -0.2) is 26.5 Å². The normalized spacial score (nSPS) is 12.3. The van der Waals surface area contributed by atoms with Gasteiger partial charge in [0.1, 0.15) is 0 Å². The van der Waals surface area contributed by atoms with Crippen LogP contribution in [0.1, 0.15) is 49.4 Å². The minimum atomic E-state index is -0.283. The number of thioether (sulfide) groups is 1. The van der Waals surface area contributed by atoms with E-state index in [1.54, 1.807) is 24.3 Å². The maximum Gasteiger partial charge on any atom is 0.237 e. The predicted octanol–water partition coefficient (Wildman–Crippen LogP) is 4.48. The highest BCUT2D eigenvalue weighted by Crippen LogP contribution is 2.27. The number of ketones is 1. The average Bonchev–Trinajstić information content (AvgIpc) is 2.82. The zero-order chi connectivity index (χ0) is 19.4. The highest BCUT2D eigenvalue weighted by Gasteiger charge is 2.20. The Labute approximate surface area is 159 Å². The molecule has 0 aliphatic rings. The van der Waals surface area contributed by atoms with Crippen LogP contribution in [0.3, 0.4) is 0 Å². The summed E-state index contributed by atoms with van der Waals surface area (Å²) in [6.07, 6.45) is 0. The van der Waals surface area contributed by atoms with Crippen molar-refractivity contribution in [3.05, 3.63) is 41.2 Å². The van der Waals surface area contributed by atoms with Gasteiger partial charge in [0, 0.05) is 23.5 Å². The van der Waals surface area contributed by atoms with Gasteiger partial charge >= 0.3 is 0 Å². The number of nitrogens with one attached hydrogen (secondary N) is 1. The number of aromatic nitrogens is 2. The van der Waals surface area contributed by atoms with Crippen molar-refractivity contribution in [1.82, 2.24) is 9.55 Å². The van der Waals surface area contributed by atoms with Crippen LogP contribution in [-0.2, 0) is 11.3 Å². The van der Waals surface area contributed by atoms with Gasteiger partial charge in [-0.25, -0.2) is 4.98 Å². The maximum atomic E-state index is 12.5. The molecule has 1 N–H and O–H groups in total. The first-order valence-electron chi connectivity index (χ1n) is 8.81. The molecule has 0 saturated heterocycles. The molecule has 0 spiro atoms. The molecule has 1 amide bonds. The lowest BCUT2D eigenvalue weighted by Gasteiger charge is -2.15. The minimum Gasteiger partial charge on any atom is -0.325 e. The topological polar surface area (TPSA) is 64.0 Å². The molecule has 6 heteroatoms. The number of carbonyl (C=O) groups is 2. The Morgan fingerprint density at radius 2 is 1.77 bits per heavy atom. The highest BCUT2D eigenvalue weighted by atomic mass is 32.2. The molecule has 140 valence electrons. The fourth-order valence-corrected chi connectivity index (χ4v) is 3.55. The molecule has 5 nitrogen and oxygen atoms in total. The largest absolute Gasteiger partial charge is 0.325 e. The first kappa shape index (κ1) is 20.2. The Balaban J connectivity index is 2.07. The van der Waals surface area contributed by atoms with Crippen LogP contribution in [0.15, 0.2) is 29.4 Å². The Morgan fingerprint density at radius 3 is 2.31 bits per heavy atom. The fraction of sp³-hybridized carbons (Fsp3) is 0.450. The minimum absolute atomic E-state index is 0.00882. The van der Waals surface area contributed by atoms with Crippen LogP contribution in [0.4, 0.5) is 5.69 Å². The van der Waals surface area contributed by atoms with Gasteiger partial charge < -0.3 is 9.88 Å².